The van der Waals surface area contributed by atoms with E-state index in [0.29, 0.717) is 24.3 Å². The number of amides is 3. The number of nitrogens with two attached hydrogens (primary N) is 2. The number of hydrogen-bond donors (Lipinski definition) is 9. The van der Waals surface area contributed by atoms with Crippen LogP contribution >= 0.6 is 15.2 Å². The van der Waals surface area contributed by atoms with E-state index in [1.807, 2.05) is 0 Å². The number of nitrogens with one attached hydrogen (secondary N) is 2. The second-order valence-corrected chi connectivity index (χ2v) is 13.0. The lowest BCUT2D eigenvalue weighted by Gasteiger charge is -2.24. The van der Waals surface area contributed by atoms with Crippen molar-refractivity contribution >= 4 is 38.9 Å². The molecule has 3 atom stereocenters. The summed E-state index contributed by atoms with van der Waals surface area (Å²) in [5.74, 6) is -4.87. The van der Waals surface area contributed by atoms with Crippen LogP contribution in [0.25, 0.3) is 0 Å². The van der Waals surface area contributed by atoms with Crippen molar-refractivity contribution in [1.82, 2.24) is 10.6 Å². The summed E-state index contributed by atoms with van der Waals surface area (Å²) in [4.78, 5) is 84.4. The third-order valence-electron chi connectivity index (χ3n) is 6.24. The zero-order chi connectivity index (χ0) is 34.5. The Balaban J connectivity index is 2.33. The number of carbonyl (C=O) groups excluding carboxylic acids is 3. The minimum Gasteiger partial charge on any atom is -0.481 e. The van der Waals surface area contributed by atoms with E-state index in [1.54, 1.807) is 0 Å². The number of rotatable bonds is 15. The Morgan fingerprint density at radius 2 is 1.07 bits per heavy atom. The van der Waals surface area contributed by atoms with Crippen molar-refractivity contribution in [2.24, 2.45) is 11.5 Å². The Bertz CT molecular complexity index is 1520. The zero-order valence-corrected chi connectivity index (χ0v) is 24.5. The SMILES string of the molecule is NC(=O)C(Cc1ccc(C(F)(F)P(=O)(O)O)cc1)NC(=O)C(Cc1ccc(C(F)(F)P(=O)(O)O)cc1)NC(=O)C(N)CC(=O)O. The van der Waals surface area contributed by atoms with Crippen molar-refractivity contribution in [3.63, 3.8) is 0 Å². The van der Waals surface area contributed by atoms with Gasteiger partial charge >= 0.3 is 32.5 Å². The van der Waals surface area contributed by atoms with Crippen LogP contribution in [0.5, 0.6) is 0 Å². The molecule has 3 amide bonds. The molecule has 0 aliphatic heterocycles. The zero-order valence-electron chi connectivity index (χ0n) is 22.7. The highest BCUT2D eigenvalue weighted by Gasteiger charge is 2.51. The molecule has 0 aliphatic carbocycles. The summed E-state index contributed by atoms with van der Waals surface area (Å²) in [6.07, 6.45) is -1.79. The van der Waals surface area contributed by atoms with Gasteiger partial charge in [0, 0.05) is 24.0 Å². The first kappa shape index (κ1) is 37.5. The molecular formula is C24H28F4N4O11P2. The molecule has 3 unspecified atom stereocenters. The highest BCUT2D eigenvalue weighted by Crippen LogP contribution is 2.60. The van der Waals surface area contributed by atoms with Gasteiger partial charge < -0.3 is 46.8 Å². The van der Waals surface area contributed by atoms with Crippen LogP contribution < -0.4 is 22.1 Å². The van der Waals surface area contributed by atoms with Gasteiger partial charge in [0.05, 0.1) is 12.5 Å². The van der Waals surface area contributed by atoms with Gasteiger partial charge in [-0.3, -0.25) is 28.3 Å². The maximum atomic E-state index is 14.0. The lowest BCUT2D eigenvalue weighted by atomic mass is 10.0. The van der Waals surface area contributed by atoms with Gasteiger partial charge in [0.1, 0.15) is 12.1 Å². The van der Waals surface area contributed by atoms with Crippen molar-refractivity contribution in [2.75, 3.05) is 0 Å². The molecule has 15 nitrogen and oxygen atoms in total. The molecule has 2 rings (SSSR count). The Morgan fingerprint density at radius 1 is 0.711 bits per heavy atom. The van der Waals surface area contributed by atoms with Gasteiger partial charge in [-0.1, -0.05) is 48.5 Å². The molecule has 248 valence electrons. The highest BCUT2D eigenvalue weighted by molar-refractivity contribution is 7.52. The normalized spacial score (nSPS) is 14.6. The molecule has 0 saturated heterocycles. The standard InChI is InChI=1S/C24H28F4N4O11P2/c25-23(26,44(38,39)40)14-5-1-12(2-6-14)9-17(20(30)35)31-22(37)18(32-21(36)16(29)11-19(33)34)10-13-3-7-15(8-4-13)24(27,28)45(41,42)43/h1-8,16-18H,9-11,29H2,(H2,30,35)(H,31,37)(H,32,36)(H,33,34)(H2,38,39,40)(H2,41,42,43). The minimum atomic E-state index is -5.90. The van der Waals surface area contributed by atoms with Gasteiger partial charge in [-0.2, -0.15) is 17.6 Å². The number of carboxylic acid groups (broad SMARTS) is 1. The van der Waals surface area contributed by atoms with Crippen LogP contribution in [0.4, 0.5) is 17.6 Å². The average Bonchev–Trinajstić information content (AvgIpc) is 2.91. The van der Waals surface area contributed by atoms with Gasteiger partial charge in [0.15, 0.2) is 0 Å². The van der Waals surface area contributed by atoms with E-state index >= 15 is 0 Å². The number of carboxylic acids is 1. The summed E-state index contributed by atoms with van der Waals surface area (Å²) in [6, 6.07) is 1.70. The molecule has 2 aromatic carbocycles. The van der Waals surface area contributed by atoms with Crippen LogP contribution in [0.3, 0.4) is 0 Å². The molecular weight excluding hydrogens is 658 g/mol. The Morgan fingerprint density at radius 3 is 1.40 bits per heavy atom. The first-order valence-corrected chi connectivity index (χ1v) is 15.6. The molecule has 0 fully saturated rings. The van der Waals surface area contributed by atoms with E-state index in [0.717, 1.165) is 24.3 Å². The second-order valence-electron chi connectivity index (χ2n) is 9.70. The molecule has 0 spiro atoms. The van der Waals surface area contributed by atoms with Crippen LogP contribution in [0.15, 0.2) is 48.5 Å². The van der Waals surface area contributed by atoms with Crippen LogP contribution in [0.1, 0.15) is 28.7 Å². The Labute approximate surface area is 251 Å². The lowest BCUT2D eigenvalue weighted by molar-refractivity contribution is -0.139. The first-order chi connectivity index (χ1) is 20.5. The number of halogens is 4. The van der Waals surface area contributed by atoms with Crippen molar-refractivity contribution in [1.29, 1.82) is 0 Å². The smallest absolute Gasteiger partial charge is 0.399 e. The quantitative estimate of drug-likeness (QED) is 0.0897. The largest absolute Gasteiger partial charge is 0.481 e. The first-order valence-electron chi connectivity index (χ1n) is 12.4. The van der Waals surface area contributed by atoms with E-state index in [4.69, 9.17) is 36.1 Å². The fourth-order valence-electron chi connectivity index (χ4n) is 3.75. The van der Waals surface area contributed by atoms with Crippen molar-refractivity contribution in [3.8, 4) is 0 Å². The fourth-order valence-corrected chi connectivity index (χ4v) is 4.73. The lowest BCUT2D eigenvalue weighted by Crippen LogP contribution is -2.56. The molecule has 0 aliphatic rings. The van der Waals surface area contributed by atoms with Crippen molar-refractivity contribution in [2.45, 2.75) is 48.7 Å². The molecule has 0 heterocycles. The van der Waals surface area contributed by atoms with E-state index in [2.05, 4.69) is 10.6 Å². The molecule has 0 bridgehead atoms. The van der Waals surface area contributed by atoms with E-state index in [-0.39, 0.29) is 11.1 Å². The van der Waals surface area contributed by atoms with Gasteiger partial charge in [0.25, 0.3) is 0 Å². The number of hydrogen-bond acceptors (Lipinski definition) is 7. The predicted molar refractivity (Wildman–Crippen MR) is 145 cm³/mol. The van der Waals surface area contributed by atoms with E-state index in [9.17, 15) is 45.9 Å². The maximum absolute atomic E-state index is 14.0. The van der Waals surface area contributed by atoms with Gasteiger partial charge in [0.2, 0.25) is 17.7 Å². The van der Waals surface area contributed by atoms with Gasteiger partial charge in [-0.05, 0) is 11.1 Å². The number of benzene rings is 2. The molecule has 21 heteroatoms. The summed E-state index contributed by atoms with van der Waals surface area (Å²) in [5, 5.41) is 13.3. The monoisotopic (exact) mass is 686 g/mol. The van der Waals surface area contributed by atoms with Crippen LogP contribution in [0.2, 0.25) is 0 Å². The highest BCUT2D eigenvalue weighted by atomic mass is 31.2. The molecule has 45 heavy (non-hydrogen) atoms. The Hall–Kier alpha value is -3.70. The third-order valence-corrected chi connectivity index (χ3v) is 8.22. The van der Waals surface area contributed by atoms with E-state index < -0.39 is 98.7 Å². The summed E-state index contributed by atoms with van der Waals surface area (Å²) < 4.78 is 78.2. The number of aliphatic carboxylic acids is 1. The van der Waals surface area contributed by atoms with Gasteiger partial charge in [-0.25, -0.2) is 0 Å². The second kappa shape index (κ2) is 14.2. The molecule has 11 N–H and O–H groups in total. The fraction of sp³-hybridized carbons (Fsp3) is 0.333. The Kier molecular flexibility index (Phi) is 11.8. The summed E-state index contributed by atoms with van der Waals surface area (Å²) in [6.45, 7) is 0. The maximum Gasteiger partial charge on any atom is 0.399 e. The molecule has 0 aromatic heterocycles. The average molecular weight is 686 g/mol. The summed E-state index contributed by atoms with van der Waals surface area (Å²) in [7, 11) is -11.8. The topological polar surface area (TPSA) is 280 Å². The predicted octanol–water partition coefficient (Wildman–Crippen LogP) is 0.183. The molecule has 2 aromatic rings. The van der Waals surface area contributed by atoms with Crippen molar-refractivity contribution in [3.05, 3.63) is 70.8 Å². The minimum absolute atomic E-state index is 0.0460. The van der Waals surface area contributed by atoms with Crippen LogP contribution in [-0.2, 0) is 52.5 Å². The van der Waals surface area contributed by atoms with Gasteiger partial charge in [-0.15, -0.1) is 0 Å². The summed E-state index contributed by atoms with van der Waals surface area (Å²) >= 11 is 0. The number of alkyl halides is 4. The van der Waals surface area contributed by atoms with Crippen LogP contribution in [0, 0.1) is 0 Å². The number of primary amides is 1. The molecule has 0 saturated carbocycles. The number of carbonyl (C=O) groups is 4. The van der Waals surface area contributed by atoms with E-state index in [1.165, 1.54) is 0 Å². The summed E-state index contributed by atoms with van der Waals surface area (Å²) in [5.41, 5.74) is -0.134. The van der Waals surface area contributed by atoms with Crippen molar-refractivity contribution < 1.29 is 70.6 Å². The van der Waals surface area contributed by atoms with Crippen LogP contribution in [-0.4, -0.2) is 66.5 Å². The third kappa shape index (κ3) is 9.64. The molecule has 0 radical (unpaired) electrons.